The van der Waals surface area contributed by atoms with Crippen molar-refractivity contribution in [2.45, 2.75) is 32.1 Å². The number of para-hydroxylation sites is 1. The van der Waals surface area contributed by atoms with Crippen molar-refractivity contribution >= 4 is 0 Å². The Bertz CT molecular complexity index is 325. The summed E-state index contributed by atoms with van der Waals surface area (Å²) in [7, 11) is 0. The van der Waals surface area contributed by atoms with E-state index in [0.29, 0.717) is 5.92 Å². The average molecular weight is 229 g/mol. The van der Waals surface area contributed by atoms with Crippen molar-refractivity contribution in [3.05, 3.63) is 43.0 Å². The second-order valence-electron chi connectivity index (χ2n) is 4.83. The molecule has 1 aromatic rings. The van der Waals surface area contributed by atoms with Gasteiger partial charge in [0, 0.05) is 5.92 Å². The highest BCUT2D eigenvalue weighted by Gasteiger charge is 2.22. The molecule has 1 saturated carbocycles. The van der Waals surface area contributed by atoms with Crippen LogP contribution >= 0.6 is 0 Å². The van der Waals surface area contributed by atoms with Crippen molar-refractivity contribution in [3.8, 4) is 5.75 Å². The molecule has 2 rings (SSSR count). The molecular formula is C16H21O. The predicted molar refractivity (Wildman–Crippen MR) is 70.9 cm³/mol. The molecule has 91 valence electrons. The molecule has 1 nitrogen and oxygen atoms in total. The lowest BCUT2D eigenvalue weighted by Gasteiger charge is -2.27. The third kappa shape index (κ3) is 3.62. The number of ether oxygens (including phenoxy) is 1. The third-order valence-electron chi connectivity index (χ3n) is 3.65. The molecule has 0 amide bonds. The van der Waals surface area contributed by atoms with Gasteiger partial charge in [0.1, 0.15) is 5.75 Å². The van der Waals surface area contributed by atoms with Crippen LogP contribution in [0.4, 0.5) is 0 Å². The molecule has 0 heterocycles. The van der Waals surface area contributed by atoms with Gasteiger partial charge in [-0.25, -0.2) is 0 Å². The van der Waals surface area contributed by atoms with E-state index in [9.17, 15) is 0 Å². The van der Waals surface area contributed by atoms with E-state index < -0.39 is 0 Å². The molecule has 17 heavy (non-hydrogen) atoms. The first-order chi connectivity index (χ1) is 8.40. The van der Waals surface area contributed by atoms with Gasteiger partial charge < -0.3 is 4.74 Å². The fraction of sp³-hybridized carbons (Fsp3) is 0.500. The van der Waals surface area contributed by atoms with Crippen LogP contribution in [0.3, 0.4) is 0 Å². The number of rotatable bonds is 5. The summed E-state index contributed by atoms with van der Waals surface area (Å²) in [5.41, 5.74) is 0. The Hall–Kier alpha value is -1.24. The Labute approximate surface area is 104 Å². The van der Waals surface area contributed by atoms with E-state index in [4.69, 9.17) is 4.74 Å². The van der Waals surface area contributed by atoms with Gasteiger partial charge in [-0.15, -0.1) is 0 Å². The van der Waals surface area contributed by atoms with Crippen molar-refractivity contribution in [3.63, 3.8) is 0 Å². The van der Waals surface area contributed by atoms with E-state index in [2.05, 4.69) is 12.7 Å². The minimum absolute atomic E-state index is 0.385. The molecule has 1 heteroatoms. The van der Waals surface area contributed by atoms with Gasteiger partial charge in [-0.3, -0.25) is 0 Å². The highest BCUT2D eigenvalue weighted by molar-refractivity contribution is 5.20. The lowest BCUT2D eigenvalue weighted by atomic mass is 9.80. The van der Waals surface area contributed by atoms with Crippen LogP contribution in [-0.4, -0.2) is 6.61 Å². The maximum Gasteiger partial charge on any atom is 0.119 e. The van der Waals surface area contributed by atoms with Gasteiger partial charge in [-0.05, 0) is 37.0 Å². The molecule has 1 fully saturated rings. The summed E-state index contributed by atoms with van der Waals surface area (Å²) >= 11 is 0. The summed E-state index contributed by atoms with van der Waals surface area (Å²) in [5.74, 6) is 2.06. The fourth-order valence-electron chi connectivity index (χ4n) is 2.60. The topological polar surface area (TPSA) is 9.23 Å². The molecule has 0 bridgehead atoms. The highest BCUT2D eigenvalue weighted by atomic mass is 16.5. The van der Waals surface area contributed by atoms with Crippen LogP contribution in [0.15, 0.2) is 36.9 Å². The van der Waals surface area contributed by atoms with Crippen LogP contribution in [0.5, 0.6) is 5.75 Å². The van der Waals surface area contributed by atoms with Crippen molar-refractivity contribution in [1.29, 1.82) is 0 Å². The van der Waals surface area contributed by atoms with E-state index >= 15 is 0 Å². The second kappa shape index (κ2) is 6.48. The first-order valence-electron chi connectivity index (χ1n) is 6.60. The van der Waals surface area contributed by atoms with Crippen LogP contribution in [0, 0.1) is 17.9 Å². The van der Waals surface area contributed by atoms with Crippen LogP contribution in [0.25, 0.3) is 0 Å². The summed E-state index contributed by atoms with van der Waals surface area (Å²) < 4.78 is 5.81. The standard InChI is InChI=1S/C16H21O/c1-2-14(15-9-5-3-6-10-15)13-17-16-11-7-4-8-12-16/h4,7-8,11-12,14-15H,1,3,5-6,9-10,13H2. The van der Waals surface area contributed by atoms with E-state index in [1.807, 2.05) is 30.3 Å². The van der Waals surface area contributed by atoms with Crippen LogP contribution < -0.4 is 4.74 Å². The van der Waals surface area contributed by atoms with Gasteiger partial charge in [0.2, 0.25) is 0 Å². The average Bonchev–Trinajstić information content (AvgIpc) is 2.42. The van der Waals surface area contributed by atoms with Crippen LogP contribution in [0.1, 0.15) is 32.1 Å². The summed E-state index contributed by atoms with van der Waals surface area (Å²) in [4.78, 5) is 0. The van der Waals surface area contributed by atoms with Crippen LogP contribution in [-0.2, 0) is 0 Å². The zero-order valence-electron chi connectivity index (χ0n) is 10.4. The van der Waals surface area contributed by atoms with E-state index in [1.54, 1.807) is 0 Å². The van der Waals surface area contributed by atoms with Gasteiger partial charge in [0.05, 0.1) is 6.61 Å². The summed E-state index contributed by atoms with van der Waals surface area (Å²) in [6.07, 6.45) is 9.89. The van der Waals surface area contributed by atoms with Crippen molar-refractivity contribution in [1.82, 2.24) is 0 Å². The Kier molecular flexibility index (Phi) is 4.66. The third-order valence-corrected chi connectivity index (χ3v) is 3.65. The molecule has 0 aromatic heterocycles. The first kappa shape index (κ1) is 12.2. The zero-order chi connectivity index (χ0) is 11.9. The largest absolute Gasteiger partial charge is 0.493 e. The minimum atomic E-state index is 0.385. The maximum atomic E-state index is 5.81. The molecule has 1 aliphatic carbocycles. The predicted octanol–water partition coefficient (Wildman–Crippen LogP) is 4.25. The molecule has 0 spiro atoms. The molecular weight excluding hydrogens is 208 g/mol. The Balaban J connectivity index is 1.85. The Morgan fingerprint density at radius 1 is 1.18 bits per heavy atom. The van der Waals surface area contributed by atoms with Crippen LogP contribution in [0.2, 0.25) is 0 Å². The van der Waals surface area contributed by atoms with E-state index in [1.165, 1.54) is 32.1 Å². The zero-order valence-corrected chi connectivity index (χ0v) is 10.4. The van der Waals surface area contributed by atoms with E-state index in [0.717, 1.165) is 18.3 Å². The van der Waals surface area contributed by atoms with Gasteiger partial charge >= 0.3 is 0 Å². The molecule has 1 aromatic carbocycles. The second-order valence-corrected chi connectivity index (χ2v) is 4.83. The van der Waals surface area contributed by atoms with Crippen molar-refractivity contribution in [2.24, 2.45) is 11.8 Å². The van der Waals surface area contributed by atoms with E-state index in [-0.39, 0.29) is 0 Å². The molecule has 1 aliphatic rings. The first-order valence-corrected chi connectivity index (χ1v) is 6.60. The molecule has 0 saturated heterocycles. The normalized spacial score (nSPS) is 18.6. The SMILES string of the molecule is C=[C]C(COc1ccccc1)C1CCCCC1. The Morgan fingerprint density at radius 3 is 2.53 bits per heavy atom. The molecule has 0 N–H and O–H groups in total. The minimum Gasteiger partial charge on any atom is -0.493 e. The number of hydrogen-bond acceptors (Lipinski definition) is 1. The molecule has 1 unspecified atom stereocenters. The lowest BCUT2D eigenvalue weighted by molar-refractivity contribution is 0.190. The number of benzene rings is 1. The van der Waals surface area contributed by atoms with Gasteiger partial charge in [0.15, 0.2) is 0 Å². The summed E-state index contributed by atoms with van der Waals surface area (Å²) in [5, 5.41) is 0. The number of hydrogen-bond donors (Lipinski definition) is 0. The van der Waals surface area contributed by atoms with Gasteiger partial charge in [0.25, 0.3) is 0 Å². The molecule has 1 radical (unpaired) electrons. The summed E-state index contributed by atoms with van der Waals surface area (Å²) in [6, 6.07) is 10.0. The molecule has 0 aliphatic heterocycles. The maximum absolute atomic E-state index is 5.81. The van der Waals surface area contributed by atoms with Crippen molar-refractivity contribution < 1.29 is 4.74 Å². The molecule has 1 atom stereocenters. The monoisotopic (exact) mass is 229 g/mol. The Morgan fingerprint density at radius 2 is 1.88 bits per heavy atom. The lowest BCUT2D eigenvalue weighted by Crippen LogP contribution is -2.22. The van der Waals surface area contributed by atoms with Gasteiger partial charge in [-0.1, -0.05) is 44.0 Å². The fourth-order valence-corrected chi connectivity index (χ4v) is 2.60. The van der Waals surface area contributed by atoms with Gasteiger partial charge in [-0.2, -0.15) is 0 Å². The quantitative estimate of drug-likeness (QED) is 0.733. The highest BCUT2D eigenvalue weighted by Crippen LogP contribution is 2.30. The summed E-state index contributed by atoms with van der Waals surface area (Å²) in [6.45, 7) is 4.56. The van der Waals surface area contributed by atoms with Crippen molar-refractivity contribution in [2.75, 3.05) is 6.61 Å². The smallest absolute Gasteiger partial charge is 0.119 e.